The van der Waals surface area contributed by atoms with Gasteiger partial charge >= 0.3 is 0 Å². The van der Waals surface area contributed by atoms with E-state index in [1.807, 2.05) is 31.3 Å². The first-order valence-electron chi connectivity index (χ1n) is 7.75. The third-order valence-corrected chi connectivity index (χ3v) is 4.23. The summed E-state index contributed by atoms with van der Waals surface area (Å²) >= 11 is 0. The Labute approximate surface area is 149 Å². The molecule has 0 aliphatic rings. The van der Waals surface area contributed by atoms with Gasteiger partial charge in [0.05, 0.1) is 23.7 Å². The minimum absolute atomic E-state index is 0.320. The zero-order chi connectivity index (χ0) is 18.3. The maximum Gasteiger partial charge on any atom is 0.285 e. The molecule has 8 nitrogen and oxygen atoms in total. The van der Waals surface area contributed by atoms with Crippen LogP contribution in [0.3, 0.4) is 0 Å². The molecule has 0 aliphatic heterocycles. The molecular formula is C17H15N5O3S. The summed E-state index contributed by atoms with van der Waals surface area (Å²) in [6.45, 7) is 1.84. The maximum absolute atomic E-state index is 11.9. The molecule has 0 fully saturated rings. The molecule has 0 bridgehead atoms. The maximum atomic E-state index is 11.9. The first kappa shape index (κ1) is 16.4. The zero-order valence-electron chi connectivity index (χ0n) is 14.0. The average Bonchev–Trinajstić information content (AvgIpc) is 3.06. The van der Waals surface area contributed by atoms with Crippen LogP contribution >= 0.6 is 0 Å². The van der Waals surface area contributed by atoms with Crippen molar-refractivity contribution in [1.29, 1.82) is 0 Å². The van der Waals surface area contributed by atoms with Gasteiger partial charge in [-0.1, -0.05) is 0 Å². The van der Waals surface area contributed by atoms with E-state index in [9.17, 15) is 8.42 Å². The molecule has 9 heteroatoms. The molecule has 26 heavy (non-hydrogen) atoms. The molecule has 0 aliphatic carbocycles. The SMILES string of the molecule is Cc1cc2c(N(OS(C)(=O)=O)c3ccc4[nH]ccc4c3)ncnc2cn1. The number of nitrogens with one attached hydrogen (secondary N) is 1. The number of aromatic nitrogens is 4. The predicted molar refractivity (Wildman–Crippen MR) is 98.4 cm³/mol. The molecule has 0 unspecified atom stereocenters. The van der Waals surface area contributed by atoms with Gasteiger partial charge in [0.15, 0.2) is 5.82 Å². The molecular weight excluding hydrogens is 354 g/mol. The molecule has 3 aromatic heterocycles. The fourth-order valence-electron chi connectivity index (χ4n) is 2.71. The van der Waals surface area contributed by atoms with E-state index in [1.165, 1.54) is 11.4 Å². The fourth-order valence-corrected chi connectivity index (χ4v) is 3.14. The average molecular weight is 369 g/mol. The van der Waals surface area contributed by atoms with E-state index >= 15 is 0 Å². The lowest BCUT2D eigenvalue weighted by Gasteiger charge is -2.22. The number of hydrogen-bond donors (Lipinski definition) is 1. The zero-order valence-corrected chi connectivity index (χ0v) is 14.9. The molecule has 0 saturated heterocycles. The normalized spacial score (nSPS) is 11.9. The highest BCUT2D eigenvalue weighted by molar-refractivity contribution is 7.86. The molecule has 4 aromatic rings. The van der Waals surface area contributed by atoms with Crippen molar-refractivity contribution in [1.82, 2.24) is 19.9 Å². The van der Waals surface area contributed by atoms with E-state index in [4.69, 9.17) is 4.28 Å². The van der Waals surface area contributed by atoms with Gasteiger partial charge < -0.3 is 4.98 Å². The number of nitrogens with zero attached hydrogens (tertiary/aromatic N) is 4. The third-order valence-electron chi connectivity index (χ3n) is 3.81. The van der Waals surface area contributed by atoms with E-state index in [2.05, 4.69) is 19.9 Å². The second kappa shape index (κ2) is 6.04. The molecule has 0 amide bonds. The number of aromatic amines is 1. The Bertz CT molecular complexity index is 1220. The highest BCUT2D eigenvalue weighted by Gasteiger charge is 2.21. The quantitative estimate of drug-likeness (QED) is 0.552. The van der Waals surface area contributed by atoms with Crippen molar-refractivity contribution in [2.45, 2.75) is 6.92 Å². The molecule has 3 heterocycles. The second-order valence-electron chi connectivity index (χ2n) is 5.86. The van der Waals surface area contributed by atoms with Crippen molar-refractivity contribution in [3.05, 3.63) is 54.7 Å². The van der Waals surface area contributed by atoms with Gasteiger partial charge in [0.25, 0.3) is 10.1 Å². The Morgan fingerprint density at radius 1 is 1.12 bits per heavy atom. The minimum Gasteiger partial charge on any atom is -0.361 e. The fraction of sp³-hybridized carbons (Fsp3) is 0.118. The van der Waals surface area contributed by atoms with Crippen LogP contribution in [0.5, 0.6) is 0 Å². The van der Waals surface area contributed by atoms with Crippen LogP contribution < -0.4 is 5.06 Å². The standard InChI is InChI=1S/C17H15N5O3S/c1-11-7-14-16(9-19-11)20-10-21-17(14)22(25-26(2,23)24)13-3-4-15-12(8-13)5-6-18-15/h3-10,18H,1-2H3. The van der Waals surface area contributed by atoms with Crippen LogP contribution in [-0.2, 0) is 14.4 Å². The number of hydrogen-bond acceptors (Lipinski definition) is 7. The highest BCUT2D eigenvalue weighted by atomic mass is 32.2. The molecule has 4 rings (SSSR count). The summed E-state index contributed by atoms with van der Waals surface area (Å²) in [5.41, 5.74) is 2.80. The van der Waals surface area contributed by atoms with Crippen molar-refractivity contribution in [3.8, 4) is 0 Å². The Hall–Kier alpha value is -3.04. The largest absolute Gasteiger partial charge is 0.361 e. The lowest BCUT2D eigenvalue weighted by molar-refractivity contribution is 0.325. The van der Waals surface area contributed by atoms with Crippen LogP contribution in [0.15, 0.2) is 49.1 Å². The second-order valence-corrected chi connectivity index (χ2v) is 7.42. The van der Waals surface area contributed by atoms with Crippen LogP contribution in [-0.4, -0.2) is 34.6 Å². The summed E-state index contributed by atoms with van der Waals surface area (Å²) in [5.74, 6) is 0.320. The Morgan fingerprint density at radius 3 is 2.77 bits per heavy atom. The van der Waals surface area contributed by atoms with Crippen LogP contribution in [0.1, 0.15) is 5.69 Å². The van der Waals surface area contributed by atoms with Crippen molar-refractivity contribution < 1.29 is 12.7 Å². The van der Waals surface area contributed by atoms with E-state index in [1.54, 1.807) is 18.3 Å². The molecule has 0 saturated carbocycles. The number of H-pyrrole nitrogens is 1. The lowest BCUT2D eigenvalue weighted by atomic mass is 10.2. The van der Waals surface area contributed by atoms with Crippen molar-refractivity contribution >= 4 is 43.4 Å². The summed E-state index contributed by atoms with van der Waals surface area (Å²) in [4.78, 5) is 15.8. The van der Waals surface area contributed by atoms with Crippen LogP contribution in [0.25, 0.3) is 21.8 Å². The van der Waals surface area contributed by atoms with Gasteiger partial charge in [0.2, 0.25) is 0 Å². The number of anilines is 2. The monoisotopic (exact) mass is 369 g/mol. The molecule has 0 spiro atoms. The van der Waals surface area contributed by atoms with Crippen LogP contribution in [0.2, 0.25) is 0 Å². The van der Waals surface area contributed by atoms with E-state index in [-0.39, 0.29) is 0 Å². The predicted octanol–water partition coefficient (Wildman–Crippen LogP) is 2.84. The molecule has 0 atom stereocenters. The summed E-state index contributed by atoms with van der Waals surface area (Å²) in [6, 6.07) is 9.10. The molecule has 1 N–H and O–H groups in total. The van der Waals surface area contributed by atoms with Gasteiger partial charge in [-0.15, -0.1) is 4.28 Å². The van der Waals surface area contributed by atoms with Crippen LogP contribution in [0, 0.1) is 6.92 Å². The highest BCUT2D eigenvalue weighted by Crippen LogP contribution is 2.32. The Balaban J connectivity index is 1.95. The van der Waals surface area contributed by atoms with E-state index < -0.39 is 10.1 Å². The number of pyridine rings is 1. The summed E-state index contributed by atoms with van der Waals surface area (Å²) < 4.78 is 29.0. The van der Waals surface area contributed by atoms with E-state index in [0.717, 1.165) is 22.9 Å². The number of aryl methyl sites for hydroxylation is 1. The summed E-state index contributed by atoms with van der Waals surface area (Å²) in [7, 11) is -3.80. The minimum atomic E-state index is -3.80. The third kappa shape index (κ3) is 3.09. The summed E-state index contributed by atoms with van der Waals surface area (Å²) in [5, 5.41) is 2.75. The topological polar surface area (TPSA) is 101 Å². The number of fused-ring (bicyclic) bond motifs is 2. The van der Waals surface area contributed by atoms with Crippen LogP contribution in [0.4, 0.5) is 11.5 Å². The molecule has 0 radical (unpaired) electrons. The van der Waals surface area contributed by atoms with Gasteiger partial charge in [0.1, 0.15) is 6.33 Å². The Morgan fingerprint density at radius 2 is 1.96 bits per heavy atom. The lowest BCUT2D eigenvalue weighted by Crippen LogP contribution is -2.23. The number of rotatable bonds is 4. The molecule has 132 valence electrons. The van der Waals surface area contributed by atoms with Gasteiger partial charge in [-0.25, -0.2) is 9.97 Å². The van der Waals surface area contributed by atoms with Crippen molar-refractivity contribution in [2.75, 3.05) is 11.3 Å². The number of benzene rings is 1. The molecule has 1 aromatic carbocycles. The summed E-state index contributed by atoms with van der Waals surface area (Å²) in [6.07, 6.45) is 5.77. The van der Waals surface area contributed by atoms with Crippen molar-refractivity contribution in [3.63, 3.8) is 0 Å². The van der Waals surface area contributed by atoms with Crippen molar-refractivity contribution in [2.24, 2.45) is 0 Å². The van der Waals surface area contributed by atoms with Gasteiger partial charge in [-0.05, 0) is 37.3 Å². The first-order valence-corrected chi connectivity index (χ1v) is 9.56. The smallest absolute Gasteiger partial charge is 0.285 e. The first-order chi connectivity index (χ1) is 12.4. The van der Waals surface area contributed by atoms with Gasteiger partial charge in [-0.3, -0.25) is 4.98 Å². The Kier molecular flexibility index (Phi) is 3.82. The van der Waals surface area contributed by atoms with E-state index in [0.29, 0.717) is 22.4 Å². The van der Waals surface area contributed by atoms with Gasteiger partial charge in [-0.2, -0.15) is 13.5 Å². The van der Waals surface area contributed by atoms with Gasteiger partial charge in [0, 0.05) is 28.2 Å².